The van der Waals surface area contributed by atoms with Gasteiger partial charge in [0.05, 0.1) is 5.71 Å². The van der Waals surface area contributed by atoms with Crippen molar-refractivity contribution in [3.8, 4) is 0 Å². The van der Waals surface area contributed by atoms with E-state index in [2.05, 4.69) is 0 Å². The fraction of sp³-hybridized carbons (Fsp3) is 0.111. The van der Waals surface area contributed by atoms with Crippen molar-refractivity contribution < 1.29 is 4.79 Å². The first-order valence-corrected chi connectivity index (χ1v) is 3.69. The molecule has 1 atom stereocenters. The monoisotopic (exact) mass is 160 g/mol. The lowest BCUT2D eigenvalue weighted by molar-refractivity contribution is 0.0990. The summed E-state index contributed by atoms with van der Waals surface area (Å²) < 4.78 is 0. The van der Waals surface area contributed by atoms with Crippen LogP contribution in [0.3, 0.4) is 0 Å². The second-order valence-corrected chi connectivity index (χ2v) is 2.80. The van der Waals surface area contributed by atoms with Gasteiger partial charge in [-0.1, -0.05) is 24.3 Å². The Kier molecular flexibility index (Phi) is 1.35. The number of hydrogen-bond donors (Lipinski definition) is 2. The Morgan fingerprint density at radius 2 is 1.83 bits per heavy atom. The number of Topliss-reactive ketones (excluding diaryl/α,β-unsaturated/α-hetero) is 1. The molecule has 0 bridgehead atoms. The molecule has 0 saturated heterocycles. The molecule has 1 aliphatic carbocycles. The third-order valence-electron chi connectivity index (χ3n) is 2.08. The first-order valence-electron chi connectivity index (χ1n) is 3.69. The number of carbonyl (C=O) groups is 1. The number of fused-ring (bicyclic) bond motifs is 1. The Balaban J connectivity index is 2.67. The van der Waals surface area contributed by atoms with Gasteiger partial charge in [0.1, 0.15) is 6.04 Å². The zero-order valence-corrected chi connectivity index (χ0v) is 6.37. The van der Waals surface area contributed by atoms with Crippen LogP contribution in [0.5, 0.6) is 0 Å². The molecule has 0 spiro atoms. The summed E-state index contributed by atoms with van der Waals surface area (Å²) in [6, 6.07) is 6.30. The minimum atomic E-state index is -0.748. The molecule has 3 heteroatoms. The molecule has 1 aliphatic rings. The number of nitrogens with two attached hydrogens (primary N) is 1. The average molecular weight is 160 g/mol. The van der Waals surface area contributed by atoms with E-state index in [0.717, 1.165) is 0 Å². The van der Waals surface area contributed by atoms with Crippen LogP contribution in [0.1, 0.15) is 15.9 Å². The molecule has 1 unspecified atom stereocenters. The highest BCUT2D eigenvalue weighted by Gasteiger charge is 2.31. The van der Waals surface area contributed by atoms with Crippen molar-refractivity contribution in [3.05, 3.63) is 35.4 Å². The second-order valence-electron chi connectivity index (χ2n) is 2.80. The smallest absolute Gasteiger partial charge is 0.186 e. The van der Waals surface area contributed by atoms with Crippen molar-refractivity contribution in [1.29, 1.82) is 5.41 Å². The Labute approximate surface area is 69.7 Å². The van der Waals surface area contributed by atoms with Crippen LogP contribution < -0.4 is 5.73 Å². The molecular formula is C9H8N2O. The van der Waals surface area contributed by atoms with E-state index in [4.69, 9.17) is 11.1 Å². The van der Waals surface area contributed by atoms with Gasteiger partial charge in [-0.25, -0.2) is 0 Å². The van der Waals surface area contributed by atoms with Gasteiger partial charge in [-0.05, 0) is 0 Å². The number of carbonyl (C=O) groups excluding carboxylic acids is 1. The maximum absolute atomic E-state index is 11.3. The highest BCUT2D eigenvalue weighted by Crippen LogP contribution is 2.20. The van der Waals surface area contributed by atoms with Crippen molar-refractivity contribution in [2.75, 3.05) is 0 Å². The summed E-state index contributed by atoms with van der Waals surface area (Å²) in [5, 5.41) is 7.52. The molecule has 0 amide bonds. The first kappa shape index (κ1) is 7.18. The van der Waals surface area contributed by atoms with Gasteiger partial charge in [0.2, 0.25) is 0 Å². The van der Waals surface area contributed by atoms with E-state index in [1.165, 1.54) is 0 Å². The molecule has 60 valence electrons. The van der Waals surface area contributed by atoms with Crippen LogP contribution in [0.2, 0.25) is 0 Å². The minimum Gasteiger partial charge on any atom is -0.316 e. The topological polar surface area (TPSA) is 66.9 Å². The number of hydrogen-bond acceptors (Lipinski definition) is 3. The molecule has 0 heterocycles. The molecule has 1 aromatic carbocycles. The molecule has 1 aromatic rings. The average Bonchev–Trinajstić information content (AvgIpc) is 2.33. The summed E-state index contributed by atoms with van der Waals surface area (Å²) in [5.74, 6) is -0.143. The van der Waals surface area contributed by atoms with E-state index in [9.17, 15) is 4.79 Å². The molecule has 3 nitrogen and oxygen atoms in total. The fourth-order valence-corrected chi connectivity index (χ4v) is 1.40. The molecule has 0 aliphatic heterocycles. The lowest BCUT2D eigenvalue weighted by Crippen LogP contribution is -2.31. The standard InChI is InChI=1S/C9H8N2O/c10-7-5-3-1-2-4-6(5)9(12)8(7)11/h1-4,8,10H,11H2. The van der Waals surface area contributed by atoms with E-state index in [1.807, 2.05) is 0 Å². The summed E-state index contributed by atoms with van der Waals surface area (Å²) in [6.07, 6.45) is 0. The van der Waals surface area contributed by atoms with Crippen LogP contribution in [0, 0.1) is 5.41 Å². The Morgan fingerprint density at radius 3 is 2.42 bits per heavy atom. The number of nitrogens with one attached hydrogen (secondary N) is 1. The molecule has 3 N–H and O–H groups in total. The summed E-state index contributed by atoms with van der Waals surface area (Å²) in [5.41, 5.74) is 6.98. The highest BCUT2D eigenvalue weighted by molar-refractivity contribution is 6.30. The number of rotatable bonds is 0. The molecule has 2 rings (SSSR count). The van der Waals surface area contributed by atoms with E-state index in [-0.39, 0.29) is 11.5 Å². The van der Waals surface area contributed by atoms with Gasteiger partial charge in [-0.3, -0.25) is 4.79 Å². The SMILES string of the molecule is N=C1c2ccccc2C(=O)C1N. The van der Waals surface area contributed by atoms with Crippen LogP contribution >= 0.6 is 0 Å². The van der Waals surface area contributed by atoms with E-state index in [0.29, 0.717) is 11.1 Å². The summed E-state index contributed by atoms with van der Waals surface area (Å²) >= 11 is 0. The quantitative estimate of drug-likeness (QED) is 0.583. The fourth-order valence-electron chi connectivity index (χ4n) is 1.40. The lowest BCUT2D eigenvalue weighted by atomic mass is 10.1. The van der Waals surface area contributed by atoms with Crippen LogP contribution in [0.25, 0.3) is 0 Å². The second kappa shape index (κ2) is 2.25. The zero-order chi connectivity index (χ0) is 8.72. The predicted molar refractivity (Wildman–Crippen MR) is 45.6 cm³/mol. The van der Waals surface area contributed by atoms with Crippen LogP contribution in [-0.4, -0.2) is 17.5 Å². The third kappa shape index (κ3) is 0.740. The van der Waals surface area contributed by atoms with E-state index >= 15 is 0 Å². The maximum atomic E-state index is 11.3. The Hall–Kier alpha value is -1.48. The highest BCUT2D eigenvalue weighted by atomic mass is 16.1. The largest absolute Gasteiger partial charge is 0.316 e. The molecule has 0 radical (unpaired) electrons. The molecule has 12 heavy (non-hydrogen) atoms. The summed E-state index contributed by atoms with van der Waals surface area (Å²) in [7, 11) is 0. The van der Waals surface area contributed by atoms with Gasteiger partial charge >= 0.3 is 0 Å². The van der Waals surface area contributed by atoms with Crippen LogP contribution in [-0.2, 0) is 0 Å². The van der Waals surface area contributed by atoms with Gasteiger partial charge in [0, 0.05) is 11.1 Å². The maximum Gasteiger partial charge on any atom is 0.186 e. The lowest BCUT2D eigenvalue weighted by Gasteiger charge is -1.97. The van der Waals surface area contributed by atoms with Gasteiger partial charge < -0.3 is 11.1 Å². The van der Waals surface area contributed by atoms with E-state index < -0.39 is 6.04 Å². The van der Waals surface area contributed by atoms with Crippen molar-refractivity contribution in [3.63, 3.8) is 0 Å². The third-order valence-corrected chi connectivity index (χ3v) is 2.08. The van der Waals surface area contributed by atoms with Crippen LogP contribution in [0.4, 0.5) is 0 Å². The summed E-state index contributed by atoms with van der Waals surface area (Å²) in [6.45, 7) is 0. The summed E-state index contributed by atoms with van der Waals surface area (Å²) in [4.78, 5) is 11.3. The Morgan fingerprint density at radius 1 is 1.25 bits per heavy atom. The van der Waals surface area contributed by atoms with Gasteiger partial charge in [0.25, 0.3) is 0 Å². The van der Waals surface area contributed by atoms with E-state index in [1.54, 1.807) is 24.3 Å². The molecular weight excluding hydrogens is 152 g/mol. The van der Waals surface area contributed by atoms with Crippen molar-refractivity contribution in [2.24, 2.45) is 5.73 Å². The molecule has 0 aromatic heterocycles. The molecule has 0 saturated carbocycles. The molecule has 0 fully saturated rings. The minimum absolute atomic E-state index is 0.143. The van der Waals surface area contributed by atoms with Crippen LogP contribution in [0.15, 0.2) is 24.3 Å². The first-order chi connectivity index (χ1) is 5.72. The number of benzene rings is 1. The van der Waals surface area contributed by atoms with Gasteiger partial charge in [-0.2, -0.15) is 0 Å². The van der Waals surface area contributed by atoms with Crippen molar-refractivity contribution in [2.45, 2.75) is 6.04 Å². The normalized spacial score (nSPS) is 21.2. The Bertz CT molecular complexity index is 336. The van der Waals surface area contributed by atoms with Crippen molar-refractivity contribution >= 4 is 11.5 Å². The number of ketones is 1. The predicted octanol–water partition coefficient (Wildman–Crippen LogP) is 0.578. The zero-order valence-electron chi connectivity index (χ0n) is 6.37. The van der Waals surface area contributed by atoms with Gasteiger partial charge in [-0.15, -0.1) is 0 Å². The van der Waals surface area contributed by atoms with Crippen molar-refractivity contribution in [1.82, 2.24) is 0 Å². The van der Waals surface area contributed by atoms with Gasteiger partial charge in [0.15, 0.2) is 5.78 Å².